The highest BCUT2D eigenvalue weighted by atomic mass is 35.5. The molecule has 2 saturated carbocycles. The number of hydrogen-bond acceptors (Lipinski definition) is 0. The van der Waals surface area contributed by atoms with Gasteiger partial charge in [0.15, 0.2) is 0 Å². The third kappa shape index (κ3) is 6.45. The summed E-state index contributed by atoms with van der Waals surface area (Å²) in [6.07, 6.45) is 24.1. The Balaban J connectivity index is 1.20. The van der Waals surface area contributed by atoms with Crippen molar-refractivity contribution in [2.75, 3.05) is 0 Å². The summed E-state index contributed by atoms with van der Waals surface area (Å²) in [7, 11) is 0. The second-order valence-electron chi connectivity index (χ2n) is 11.6. The Morgan fingerprint density at radius 1 is 0.788 bits per heavy atom. The number of hydrogen-bond donors (Lipinski definition) is 0. The molecule has 0 spiro atoms. The smallest absolute Gasteiger partial charge is 0.145 e. The molecule has 33 heavy (non-hydrogen) atoms. The summed E-state index contributed by atoms with van der Waals surface area (Å²) in [4.78, 5) is 0. The van der Waals surface area contributed by atoms with Crippen molar-refractivity contribution >= 4 is 17.2 Å². The zero-order valence-corrected chi connectivity index (χ0v) is 21.9. The summed E-state index contributed by atoms with van der Waals surface area (Å²) in [6.45, 7) is 4.32. The van der Waals surface area contributed by atoms with Gasteiger partial charge in [-0.2, -0.15) is 0 Å². The first-order chi connectivity index (χ1) is 16.1. The number of allylic oxidation sites excluding steroid dienone is 2. The minimum atomic E-state index is -0.216. The van der Waals surface area contributed by atoms with E-state index in [0.717, 1.165) is 53.6 Å². The molecule has 0 nitrogen and oxygen atoms in total. The second kappa shape index (κ2) is 12.2. The van der Waals surface area contributed by atoms with Gasteiger partial charge in [0, 0.05) is 0 Å². The normalized spacial score (nSPS) is 30.8. The minimum absolute atomic E-state index is 0.216. The van der Waals surface area contributed by atoms with Crippen LogP contribution in [0, 0.1) is 35.4 Å². The van der Waals surface area contributed by atoms with Crippen molar-refractivity contribution in [3.05, 3.63) is 40.2 Å². The van der Waals surface area contributed by atoms with Crippen LogP contribution in [0.1, 0.15) is 121 Å². The van der Waals surface area contributed by atoms with Gasteiger partial charge in [0.25, 0.3) is 0 Å². The molecule has 0 radical (unpaired) electrons. The Hall–Kier alpha value is -0.820. The van der Waals surface area contributed by atoms with E-state index in [2.05, 4.69) is 13.0 Å². The predicted octanol–water partition coefficient (Wildman–Crippen LogP) is 10.4. The maximum absolute atomic E-state index is 14.5. The van der Waals surface area contributed by atoms with E-state index in [9.17, 15) is 4.39 Å². The molecule has 0 saturated heterocycles. The van der Waals surface area contributed by atoms with Gasteiger partial charge in [0.1, 0.15) is 5.82 Å². The fourth-order valence-electron chi connectivity index (χ4n) is 7.27. The van der Waals surface area contributed by atoms with Crippen LogP contribution in [0.5, 0.6) is 0 Å². The summed E-state index contributed by atoms with van der Waals surface area (Å²) >= 11 is 6.40. The quantitative estimate of drug-likeness (QED) is 0.352. The van der Waals surface area contributed by atoms with E-state index in [-0.39, 0.29) is 5.82 Å². The molecule has 3 aliphatic carbocycles. The van der Waals surface area contributed by atoms with Crippen LogP contribution >= 0.6 is 11.6 Å². The second-order valence-corrected chi connectivity index (χ2v) is 11.9. The van der Waals surface area contributed by atoms with Crippen LogP contribution in [0.25, 0.3) is 5.57 Å². The standard InChI is InChI=1S/C31H46ClF/c1-3-5-22-6-8-23(9-7-22)10-11-24-12-14-26(15-13-24)27-16-18-28(19-17-27)29-21-20-25(4-2)31(33)30(29)32/h18,20-24,26-27H,3-17,19H2,1-2H3. The molecule has 1 atom stereocenters. The Morgan fingerprint density at radius 2 is 1.39 bits per heavy atom. The van der Waals surface area contributed by atoms with Gasteiger partial charge in [-0.1, -0.05) is 108 Å². The summed E-state index contributed by atoms with van der Waals surface area (Å²) in [6, 6.07) is 3.96. The molecule has 0 bridgehead atoms. The molecule has 1 aromatic rings. The molecule has 2 heteroatoms. The number of aryl methyl sites for hydroxylation is 1. The van der Waals surface area contributed by atoms with Gasteiger partial charge in [-0.3, -0.25) is 0 Å². The molecule has 0 heterocycles. The third-order valence-corrected chi connectivity index (χ3v) is 9.91. The molecular weight excluding hydrogens is 427 g/mol. The van der Waals surface area contributed by atoms with Crippen LogP contribution < -0.4 is 0 Å². The first-order valence-corrected chi connectivity index (χ1v) is 14.6. The van der Waals surface area contributed by atoms with Crippen molar-refractivity contribution in [2.45, 2.75) is 117 Å². The molecular formula is C31H46ClF. The van der Waals surface area contributed by atoms with Crippen molar-refractivity contribution in [3.63, 3.8) is 0 Å². The Morgan fingerprint density at radius 3 is 1.94 bits per heavy atom. The zero-order chi connectivity index (χ0) is 23.2. The highest BCUT2D eigenvalue weighted by Crippen LogP contribution is 2.44. The van der Waals surface area contributed by atoms with Crippen LogP contribution in [0.4, 0.5) is 4.39 Å². The van der Waals surface area contributed by atoms with Gasteiger partial charge >= 0.3 is 0 Å². The van der Waals surface area contributed by atoms with Gasteiger partial charge in [0.2, 0.25) is 0 Å². The Kier molecular flexibility index (Phi) is 9.37. The summed E-state index contributed by atoms with van der Waals surface area (Å²) in [5.74, 6) is 4.56. The number of benzene rings is 1. The van der Waals surface area contributed by atoms with E-state index in [4.69, 9.17) is 11.6 Å². The van der Waals surface area contributed by atoms with Crippen LogP contribution in [-0.4, -0.2) is 0 Å². The first-order valence-electron chi connectivity index (χ1n) is 14.2. The zero-order valence-electron chi connectivity index (χ0n) is 21.2. The van der Waals surface area contributed by atoms with Gasteiger partial charge in [-0.25, -0.2) is 4.39 Å². The van der Waals surface area contributed by atoms with Gasteiger partial charge < -0.3 is 0 Å². The first kappa shape index (κ1) is 25.3. The van der Waals surface area contributed by atoms with E-state index in [0.29, 0.717) is 11.4 Å². The van der Waals surface area contributed by atoms with E-state index in [1.54, 1.807) is 0 Å². The molecule has 1 aromatic carbocycles. The van der Waals surface area contributed by atoms with Crippen LogP contribution in [0.2, 0.25) is 5.02 Å². The number of rotatable bonds is 8. The molecule has 0 aliphatic heterocycles. The van der Waals surface area contributed by atoms with E-state index in [1.165, 1.54) is 89.0 Å². The third-order valence-electron chi connectivity index (χ3n) is 9.55. The van der Waals surface area contributed by atoms with Crippen molar-refractivity contribution in [2.24, 2.45) is 29.6 Å². The molecule has 2 fully saturated rings. The van der Waals surface area contributed by atoms with Crippen molar-refractivity contribution in [3.8, 4) is 0 Å². The summed E-state index contributed by atoms with van der Waals surface area (Å²) in [5, 5.41) is 0.332. The maximum atomic E-state index is 14.5. The van der Waals surface area contributed by atoms with Gasteiger partial charge in [-0.05, 0) is 84.8 Å². The fourth-order valence-corrected chi connectivity index (χ4v) is 7.58. The van der Waals surface area contributed by atoms with Crippen LogP contribution in [0.15, 0.2) is 18.2 Å². The maximum Gasteiger partial charge on any atom is 0.145 e. The van der Waals surface area contributed by atoms with Gasteiger partial charge in [0.05, 0.1) is 5.02 Å². The lowest BCUT2D eigenvalue weighted by atomic mass is 9.69. The van der Waals surface area contributed by atoms with E-state index < -0.39 is 0 Å². The predicted molar refractivity (Wildman–Crippen MR) is 141 cm³/mol. The largest absolute Gasteiger partial charge is 0.205 e. The molecule has 4 rings (SSSR count). The highest BCUT2D eigenvalue weighted by Gasteiger charge is 2.30. The highest BCUT2D eigenvalue weighted by molar-refractivity contribution is 6.32. The Bertz CT molecular complexity index is 780. The molecule has 0 amide bonds. The van der Waals surface area contributed by atoms with Crippen LogP contribution in [0.3, 0.4) is 0 Å². The molecule has 0 N–H and O–H groups in total. The summed E-state index contributed by atoms with van der Waals surface area (Å²) < 4.78 is 14.5. The molecule has 184 valence electrons. The van der Waals surface area contributed by atoms with Gasteiger partial charge in [-0.15, -0.1) is 0 Å². The van der Waals surface area contributed by atoms with Crippen molar-refractivity contribution < 1.29 is 4.39 Å². The SMILES string of the molecule is CCCC1CCC(CCC2CCC(C3CC=C(c4ccc(CC)c(F)c4Cl)CC3)CC2)CC1. The van der Waals surface area contributed by atoms with E-state index >= 15 is 0 Å². The lowest BCUT2D eigenvalue weighted by Crippen LogP contribution is -2.24. The van der Waals surface area contributed by atoms with Crippen molar-refractivity contribution in [1.82, 2.24) is 0 Å². The fraction of sp³-hybridized carbons (Fsp3) is 0.742. The van der Waals surface area contributed by atoms with Crippen LogP contribution in [-0.2, 0) is 6.42 Å². The average molecular weight is 473 g/mol. The number of halogens is 2. The monoisotopic (exact) mass is 472 g/mol. The lowest BCUT2D eigenvalue weighted by molar-refractivity contribution is 0.175. The Labute approximate surface area is 207 Å². The average Bonchev–Trinajstić information content (AvgIpc) is 2.86. The topological polar surface area (TPSA) is 0 Å². The molecule has 3 aliphatic rings. The van der Waals surface area contributed by atoms with E-state index in [1.807, 2.05) is 19.1 Å². The summed E-state index contributed by atoms with van der Waals surface area (Å²) in [5.41, 5.74) is 2.91. The minimum Gasteiger partial charge on any atom is -0.205 e. The molecule has 1 unspecified atom stereocenters. The lowest BCUT2D eigenvalue weighted by Gasteiger charge is -2.36. The van der Waals surface area contributed by atoms with Crippen molar-refractivity contribution in [1.29, 1.82) is 0 Å². The molecule has 0 aromatic heterocycles.